The lowest BCUT2D eigenvalue weighted by Crippen LogP contribution is -2.19. The molecule has 1 aliphatic rings. The van der Waals surface area contributed by atoms with Gasteiger partial charge in [0.15, 0.2) is 0 Å². The molecule has 1 aromatic rings. The van der Waals surface area contributed by atoms with Crippen LogP contribution in [0.3, 0.4) is 0 Å². The molecule has 0 aliphatic heterocycles. The van der Waals surface area contributed by atoms with E-state index in [1.54, 1.807) is 6.07 Å². The van der Waals surface area contributed by atoms with Crippen LogP contribution in [-0.2, 0) is 0 Å². The van der Waals surface area contributed by atoms with Gasteiger partial charge in [-0.05, 0) is 30.4 Å². The molecule has 1 fully saturated rings. The van der Waals surface area contributed by atoms with Crippen LogP contribution in [0.5, 0.6) is 0 Å². The van der Waals surface area contributed by atoms with E-state index in [-0.39, 0.29) is 16.9 Å². The molecule has 15 heavy (non-hydrogen) atoms. The molecule has 2 N–H and O–H groups in total. The fourth-order valence-electron chi connectivity index (χ4n) is 2.35. The second kappa shape index (κ2) is 4.50. The predicted octanol–water partition coefficient (Wildman–Crippen LogP) is 3.67. The largest absolute Gasteiger partial charge is 0.324 e. The predicted molar refractivity (Wildman–Crippen MR) is 60.3 cm³/mol. The zero-order chi connectivity index (χ0) is 10.8. The molecular weight excluding hydrogens is 213 g/mol. The monoisotopic (exact) mass is 227 g/mol. The maximum Gasteiger partial charge on any atom is 0.142 e. The molecule has 0 bridgehead atoms. The summed E-state index contributed by atoms with van der Waals surface area (Å²) < 4.78 is 13.2. The molecule has 1 atom stereocenters. The summed E-state index contributed by atoms with van der Waals surface area (Å²) in [6.45, 7) is 0. The Hall–Kier alpha value is -0.600. The summed E-state index contributed by atoms with van der Waals surface area (Å²) >= 11 is 5.91. The Bertz CT molecular complexity index is 347. The van der Waals surface area contributed by atoms with E-state index >= 15 is 0 Å². The Morgan fingerprint density at radius 1 is 1.33 bits per heavy atom. The fourth-order valence-corrected chi connectivity index (χ4v) is 2.60. The van der Waals surface area contributed by atoms with Gasteiger partial charge < -0.3 is 5.73 Å². The van der Waals surface area contributed by atoms with Gasteiger partial charge in [-0.2, -0.15) is 0 Å². The molecule has 0 aromatic heterocycles. The molecule has 1 saturated carbocycles. The second-order valence-electron chi connectivity index (χ2n) is 4.21. The van der Waals surface area contributed by atoms with E-state index in [0.717, 1.165) is 18.4 Å². The third kappa shape index (κ3) is 2.16. The molecule has 3 heteroatoms. The summed E-state index contributed by atoms with van der Waals surface area (Å²) in [7, 11) is 0. The second-order valence-corrected chi connectivity index (χ2v) is 4.59. The molecule has 0 amide bonds. The third-order valence-electron chi connectivity index (χ3n) is 3.25. The molecule has 2 rings (SSSR count). The smallest absolute Gasteiger partial charge is 0.142 e. The van der Waals surface area contributed by atoms with Crippen molar-refractivity contribution >= 4 is 11.6 Å². The molecule has 1 nitrogen and oxygen atoms in total. The first-order chi connectivity index (χ1) is 7.20. The van der Waals surface area contributed by atoms with Gasteiger partial charge in [-0.15, -0.1) is 0 Å². The SMILES string of the molecule is N[C@H](c1cccc(F)c1Cl)C1CCCC1. The minimum absolute atomic E-state index is 0.115. The number of rotatable bonds is 2. The summed E-state index contributed by atoms with van der Waals surface area (Å²) in [4.78, 5) is 0. The van der Waals surface area contributed by atoms with Crippen molar-refractivity contribution in [3.05, 3.63) is 34.6 Å². The highest BCUT2D eigenvalue weighted by molar-refractivity contribution is 6.31. The number of benzene rings is 1. The van der Waals surface area contributed by atoms with Gasteiger partial charge in [0.25, 0.3) is 0 Å². The van der Waals surface area contributed by atoms with Gasteiger partial charge in [-0.25, -0.2) is 4.39 Å². The van der Waals surface area contributed by atoms with Crippen molar-refractivity contribution in [3.8, 4) is 0 Å². The molecule has 0 saturated heterocycles. The molecule has 0 spiro atoms. The van der Waals surface area contributed by atoms with Crippen LogP contribution in [-0.4, -0.2) is 0 Å². The van der Waals surface area contributed by atoms with Crippen LogP contribution < -0.4 is 5.73 Å². The van der Waals surface area contributed by atoms with E-state index < -0.39 is 0 Å². The quantitative estimate of drug-likeness (QED) is 0.820. The number of halogens is 2. The van der Waals surface area contributed by atoms with Crippen molar-refractivity contribution in [3.63, 3.8) is 0 Å². The first-order valence-electron chi connectivity index (χ1n) is 5.39. The van der Waals surface area contributed by atoms with Crippen LogP contribution in [0.4, 0.5) is 4.39 Å². The van der Waals surface area contributed by atoms with Crippen LogP contribution in [0, 0.1) is 11.7 Å². The van der Waals surface area contributed by atoms with Crippen molar-refractivity contribution in [2.45, 2.75) is 31.7 Å². The average molecular weight is 228 g/mol. The minimum atomic E-state index is -0.373. The molecule has 1 aliphatic carbocycles. The van der Waals surface area contributed by atoms with Crippen molar-refractivity contribution in [2.75, 3.05) is 0 Å². The Morgan fingerprint density at radius 2 is 2.00 bits per heavy atom. The summed E-state index contributed by atoms with van der Waals surface area (Å²) in [6, 6.07) is 4.75. The molecule has 0 unspecified atom stereocenters. The van der Waals surface area contributed by atoms with E-state index in [1.165, 1.54) is 18.9 Å². The first-order valence-corrected chi connectivity index (χ1v) is 5.77. The first kappa shape index (κ1) is 10.9. The maximum absolute atomic E-state index is 13.2. The van der Waals surface area contributed by atoms with Crippen LogP contribution in [0.25, 0.3) is 0 Å². The number of nitrogens with two attached hydrogens (primary N) is 1. The van der Waals surface area contributed by atoms with Crippen molar-refractivity contribution in [1.82, 2.24) is 0 Å². The van der Waals surface area contributed by atoms with Crippen LogP contribution in [0.15, 0.2) is 18.2 Å². The van der Waals surface area contributed by atoms with Gasteiger partial charge in [0, 0.05) is 6.04 Å². The highest BCUT2D eigenvalue weighted by atomic mass is 35.5. The van der Waals surface area contributed by atoms with Crippen molar-refractivity contribution < 1.29 is 4.39 Å². The lowest BCUT2D eigenvalue weighted by molar-refractivity contribution is 0.443. The summed E-state index contributed by atoms with van der Waals surface area (Å²) in [5, 5.41) is 0.192. The van der Waals surface area contributed by atoms with E-state index in [1.807, 2.05) is 6.07 Å². The average Bonchev–Trinajstić information content (AvgIpc) is 2.74. The van der Waals surface area contributed by atoms with Crippen LogP contribution >= 0.6 is 11.6 Å². The lowest BCUT2D eigenvalue weighted by Gasteiger charge is -2.20. The molecular formula is C12H15ClFN. The zero-order valence-corrected chi connectivity index (χ0v) is 9.30. The standard InChI is InChI=1S/C12H15ClFN/c13-11-9(6-3-7-10(11)14)12(15)8-4-1-2-5-8/h3,6-8,12H,1-2,4-5,15H2/t12-/m0/s1. The van der Waals surface area contributed by atoms with Gasteiger partial charge in [0.2, 0.25) is 0 Å². The zero-order valence-electron chi connectivity index (χ0n) is 8.55. The minimum Gasteiger partial charge on any atom is -0.324 e. The summed E-state index contributed by atoms with van der Waals surface area (Å²) in [5.74, 6) is 0.0897. The van der Waals surface area contributed by atoms with Crippen molar-refractivity contribution in [2.24, 2.45) is 11.7 Å². The third-order valence-corrected chi connectivity index (χ3v) is 3.65. The van der Waals surface area contributed by atoms with Crippen LogP contribution in [0.2, 0.25) is 5.02 Å². The summed E-state index contributed by atoms with van der Waals surface area (Å²) in [6.07, 6.45) is 4.72. The Labute approximate surface area is 94.4 Å². The molecule has 1 aromatic carbocycles. The van der Waals surface area contributed by atoms with E-state index in [9.17, 15) is 4.39 Å². The normalized spacial score (nSPS) is 19.4. The highest BCUT2D eigenvalue weighted by Gasteiger charge is 2.25. The van der Waals surface area contributed by atoms with E-state index in [0.29, 0.717) is 5.92 Å². The topological polar surface area (TPSA) is 26.0 Å². The van der Waals surface area contributed by atoms with Gasteiger partial charge >= 0.3 is 0 Å². The number of hydrogen-bond donors (Lipinski definition) is 1. The van der Waals surface area contributed by atoms with Gasteiger partial charge in [-0.1, -0.05) is 36.6 Å². The van der Waals surface area contributed by atoms with Gasteiger partial charge in [-0.3, -0.25) is 0 Å². The molecule has 0 heterocycles. The molecule has 0 radical (unpaired) electrons. The van der Waals surface area contributed by atoms with E-state index in [4.69, 9.17) is 17.3 Å². The van der Waals surface area contributed by atoms with E-state index in [2.05, 4.69) is 0 Å². The number of hydrogen-bond acceptors (Lipinski definition) is 1. The summed E-state index contributed by atoms with van der Waals surface area (Å²) in [5.41, 5.74) is 6.87. The van der Waals surface area contributed by atoms with Gasteiger partial charge in [0.05, 0.1) is 5.02 Å². The van der Waals surface area contributed by atoms with Crippen molar-refractivity contribution in [1.29, 1.82) is 0 Å². The van der Waals surface area contributed by atoms with Crippen LogP contribution in [0.1, 0.15) is 37.3 Å². The Balaban J connectivity index is 2.24. The molecule has 82 valence electrons. The maximum atomic E-state index is 13.2. The van der Waals surface area contributed by atoms with Gasteiger partial charge in [0.1, 0.15) is 5.82 Å². The lowest BCUT2D eigenvalue weighted by atomic mass is 9.92. The Kier molecular flexibility index (Phi) is 3.27. The highest BCUT2D eigenvalue weighted by Crippen LogP contribution is 2.37. The Morgan fingerprint density at radius 3 is 2.67 bits per heavy atom. The fraction of sp³-hybridized carbons (Fsp3) is 0.500.